The van der Waals surface area contributed by atoms with Crippen molar-refractivity contribution in [2.75, 3.05) is 13.1 Å². The summed E-state index contributed by atoms with van der Waals surface area (Å²) in [6, 6.07) is 0. The van der Waals surface area contributed by atoms with Crippen LogP contribution < -0.4 is 0 Å². The molecule has 4 heterocycles. The van der Waals surface area contributed by atoms with E-state index in [2.05, 4.69) is 80.2 Å². The van der Waals surface area contributed by atoms with Crippen LogP contribution in [-0.4, -0.2) is 34.4 Å². The van der Waals surface area contributed by atoms with Gasteiger partial charge in [-0.2, -0.15) is 0 Å². The van der Waals surface area contributed by atoms with E-state index in [0.717, 1.165) is 61.9 Å². The first-order valence-electron chi connectivity index (χ1n) is 15.1. The van der Waals surface area contributed by atoms with Gasteiger partial charge >= 0.3 is 0 Å². The van der Waals surface area contributed by atoms with Crippen LogP contribution >= 0.6 is 0 Å². The minimum atomic E-state index is 0.820. The van der Waals surface area contributed by atoms with Gasteiger partial charge in [-0.25, -0.2) is 4.99 Å². The maximum absolute atomic E-state index is 5.25. The first-order chi connectivity index (χ1) is 18.5. The van der Waals surface area contributed by atoms with Gasteiger partial charge in [-0.05, 0) is 119 Å². The van der Waals surface area contributed by atoms with Crippen LogP contribution in [0.3, 0.4) is 0 Å². The van der Waals surface area contributed by atoms with E-state index < -0.39 is 0 Å². The van der Waals surface area contributed by atoms with Gasteiger partial charge in [0.25, 0.3) is 0 Å². The van der Waals surface area contributed by atoms with Crippen LogP contribution in [-0.2, 0) is 0 Å². The Balaban J connectivity index is 1.48. The molecule has 0 spiro atoms. The fourth-order valence-electron chi connectivity index (χ4n) is 5.97. The highest BCUT2D eigenvalue weighted by molar-refractivity contribution is 6.01. The van der Waals surface area contributed by atoms with Crippen molar-refractivity contribution in [2.45, 2.75) is 98.3 Å². The van der Waals surface area contributed by atoms with Crippen LogP contribution in [0.1, 0.15) is 98.3 Å². The van der Waals surface area contributed by atoms with E-state index in [-0.39, 0.29) is 0 Å². The number of rotatable bonds is 3. The molecule has 4 aliphatic heterocycles. The molecular weight excluding hydrogens is 464 g/mol. The van der Waals surface area contributed by atoms with Crippen molar-refractivity contribution in [1.29, 1.82) is 0 Å². The predicted molar refractivity (Wildman–Crippen MR) is 162 cm³/mol. The zero-order valence-electron chi connectivity index (χ0n) is 24.1. The van der Waals surface area contributed by atoms with Crippen molar-refractivity contribution in [3.63, 3.8) is 0 Å². The van der Waals surface area contributed by atoms with Crippen LogP contribution in [0.5, 0.6) is 0 Å². The van der Waals surface area contributed by atoms with Crippen molar-refractivity contribution < 1.29 is 0 Å². The minimum absolute atomic E-state index is 0.820. The summed E-state index contributed by atoms with van der Waals surface area (Å²) in [5, 5.41) is 0. The van der Waals surface area contributed by atoms with Crippen molar-refractivity contribution in [2.24, 2.45) is 15.9 Å². The third-order valence-electron chi connectivity index (χ3n) is 8.61. The summed E-state index contributed by atoms with van der Waals surface area (Å²) in [4.78, 5) is 15.2. The van der Waals surface area contributed by atoms with Gasteiger partial charge in [0.15, 0.2) is 0 Å². The number of hydrogen-bond acceptors (Lipinski definition) is 4. The molecule has 1 atom stereocenters. The van der Waals surface area contributed by atoms with Gasteiger partial charge in [-0.3, -0.25) is 9.89 Å². The minimum Gasteiger partial charge on any atom is -0.370 e. The average Bonchev–Trinajstić information content (AvgIpc) is 2.90. The second-order valence-corrected chi connectivity index (χ2v) is 11.7. The van der Waals surface area contributed by atoms with E-state index in [1.54, 1.807) is 5.57 Å². The lowest BCUT2D eigenvalue weighted by atomic mass is 9.88. The molecule has 202 valence electrons. The Morgan fingerprint density at radius 3 is 2.53 bits per heavy atom. The van der Waals surface area contributed by atoms with E-state index in [9.17, 15) is 0 Å². The lowest BCUT2D eigenvalue weighted by Gasteiger charge is -2.37. The van der Waals surface area contributed by atoms with E-state index in [1.807, 2.05) is 0 Å². The summed E-state index contributed by atoms with van der Waals surface area (Å²) in [5.74, 6) is 1.87. The fraction of sp³-hybridized carbons (Fsp3) is 0.529. The van der Waals surface area contributed by atoms with E-state index >= 15 is 0 Å². The normalized spacial score (nSPS) is 30.7. The lowest BCUT2D eigenvalue weighted by Crippen LogP contribution is -2.35. The van der Waals surface area contributed by atoms with E-state index in [4.69, 9.17) is 9.98 Å². The molecule has 38 heavy (non-hydrogen) atoms. The van der Waals surface area contributed by atoms with Gasteiger partial charge in [-0.15, -0.1) is 0 Å². The smallest absolute Gasteiger partial charge is 0.137 e. The van der Waals surface area contributed by atoms with Crippen LogP contribution in [0.15, 0.2) is 92.1 Å². The molecule has 1 saturated carbocycles. The Hall–Kier alpha value is -2.88. The molecule has 5 aliphatic rings. The first-order valence-corrected chi connectivity index (χ1v) is 15.1. The fourth-order valence-corrected chi connectivity index (χ4v) is 5.97. The van der Waals surface area contributed by atoms with Gasteiger partial charge in [0.2, 0.25) is 0 Å². The molecule has 0 amide bonds. The number of aliphatic imine (C=N–C) groups is 2. The third kappa shape index (κ3) is 6.22. The zero-order chi connectivity index (χ0) is 26.5. The molecule has 0 aromatic carbocycles. The Kier molecular flexibility index (Phi) is 8.66. The highest BCUT2D eigenvalue weighted by Crippen LogP contribution is 2.37. The lowest BCUT2D eigenvalue weighted by molar-refractivity contribution is 0.275. The second kappa shape index (κ2) is 12.3. The summed E-state index contributed by atoms with van der Waals surface area (Å²) in [6.07, 6.45) is 29.4. The third-order valence-corrected chi connectivity index (χ3v) is 8.61. The maximum atomic E-state index is 5.25. The standard InChI is InChI=1S/C34H46N4/c1-5-31-26(3)22-29(14-8-6-7-13-27(4)35-31)32-23-33(28-15-11-16-28)38-24-30(17-18-34(38)36-32)37-20-10-9-12-25(2)19-21-37/h13-14,17-18,22-25H,5-12,15-16,19-21H2,1-4H3/b26-22+,27-13-,29-14+,35-31-. The second-order valence-electron chi connectivity index (χ2n) is 11.7. The van der Waals surface area contributed by atoms with Crippen molar-refractivity contribution in [1.82, 2.24) is 9.80 Å². The van der Waals surface area contributed by atoms with Crippen LogP contribution in [0.4, 0.5) is 0 Å². The summed E-state index contributed by atoms with van der Waals surface area (Å²) in [6.45, 7) is 11.2. The Morgan fingerprint density at radius 2 is 1.74 bits per heavy atom. The van der Waals surface area contributed by atoms with E-state index in [0.29, 0.717) is 0 Å². The summed E-state index contributed by atoms with van der Waals surface area (Å²) in [5.41, 5.74) is 10.1. The molecule has 2 fully saturated rings. The van der Waals surface area contributed by atoms with Crippen LogP contribution in [0.25, 0.3) is 0 Å². The summed E-state index contributed by atoms with van der Waals surface area (Å²) >= 11 is 0. The van der Waals surface area contributed by atoms with Gasteiger partial charge in [0.1, 0.15) is 5.84 Å². The van der Waals surface area contributed by atoms with Crippen molar-refractivity contribution >= 4 is 11.5 Å². The predicted octanol–water partition coefficient (Wildman–Crippen LogP) is 8.76. The molecule has 1 aliphatic carbocycles. The SMILES string of the molecule is CCC1=N/C(C)=C\CCC/C=C(C2=CC(=C3CCC3)N3C=C(N4CCCCC(C)CC4)C=CC3=N2)\C=C\1C. The molecular formula is C34H46N4. The first kappa shape index (κ1) is 26.7. The Bertz CT molecular complexity index is 1190. The maximum Gasteiger partial charge on any atom is 0.137 e. The quantitative estimate of drug-likeness (QED) is 0.380. The van der Waals surface area contributed by atoms with Gasteiger partial charge in [0, 0.05) is 36.4 Å². The molecule has 0 radical (unpaired) electrons. The zero-order valence-corrected chi connectivity index (χ0v) is 24.1. The molecule has 1 unspecified atom stereocenters. The molecule has 0 aromatic rings. The van der Waals surface area contributed by atoms with Crippen molar-refractivity contribution in [3.8, 4) is 0 Å². The molecule has 0 N–H and O–H groups in total. The molecule has 5 rings (SSSR count). The van der Waals surface area contributed by atoms with Crippen LogP contribution in [0.2, 0.25) is 0 Å². The monoisotopic (exact) mass is 510 g/mol. The summed E-state index contributed by atoms with van der Waals surface area (Å²) in [7, 11) is 0. The largest absolute Gasteiger partial charge is 0.370 e. The topological polar surface area (TPSA) is 31.2 Å². The highest BCUT2D eigenvalue weighted by Gasteiger charge is 2.27. The molecule has 4 nitrogen and oxygen atoms in total. The van der Waals surface area contributed by atoms with E-state index in [1.165, 1.54) is 73.2 Å². The van der Waals surface area contributed by atoms with Crippen LogP contribution in [0, 0.1) is 5.92 Å². The summed E-state index contributed by atoms with van der Waals surface area (Å²) < 4.78 is 0. The number of allylic oxidation sites excluding steroid dienone is 8. The number of hydrogen-bond donors (Lipinski definition) is 0. The number of likely N-dealkylation sites (tertiary alicyclic amines) is 1. The molecule has 0 aromatic heterocycles. The number of amidine groups is 1. The van der Waals surface area contributed by atoms with Gasteiger partial charge < -0.3 is 4.90 Å². The van der Waals surface area contributed by atoms with Gasteiger partial charge in [-0.1, -0.05) is 38.8 Å². The Morgan fingerprint density at radius 1 is 0.895 bits per heavy atom. The number of fused-ring (bicyclic) bond motifs is 1. The molecule has 4 heteroatoms. The average molecular weight is 511 g/mol. The van der Waals surface area contributed by atoms with Crippen molar-refractivity contribution in [3.05, 3.63) is 82.2 Å². The molecule has 0 bridgehead atoms. The highest BCUT2D eigenvalue weighted by atomic mass is 15.2. The number of nitrogens with zero attached hydrogens (tertiary/aromatic N) is 4. The molecule has 1 saturated heterocycles. The Labute approximate surface area is 230 Å². The van der Waals surface area contributed by atoms with Gasteiger partial charge in [0.05, 0.1) is 11.4 Å².